The van der Waals surface area contributed by atoms with Crippen molar-refractivity contribution in [2.45, 2.75) is 17.8 Å². The van der Waals surface area contributed by atoms with Crippen LogP contribution in [0.15, 0.2) is 64.9 Å². The molecule has 0 amide bonds. The van der Waals surface area contributed by atoms with Crippen molar-refractivity contribution in [3.05, 3.63) is 76.1 Å². The van der Waals surface area contributed by atoms with E-state index in [0.717, 1.165) is 16.5 Å². The van der Waals surface area contributed by atoms with Crippen molar-refractivity contribution in [1.29, 1.82) is 0 Å². The Labute approximate surface area is 144 Å². The maximum atomic E-state index is 5.26. The van der Waals surface area contributed by atoms with Crippen molar-refractivity contribution in [3.63, 3.8) is 0 Å². The van der Waals surface area contributed by atoms with E-state index in [0.29, 0.717) is 4.77 Å². The second-order valence-corrected chi connectivity index (χ2v) is 6.38. The minimum atomic E-state index is 0.490. The summed E-state index contributed by atoms with van der Waals surface area (Å²) >= 11 is 6.86. The molecular weight excluding hydrogens is 324 g/mol. The van der Waals surface area contributed by atoms with E-state index in [1.165, 1.54) is 11.1 Å². The van der Waals surface area contributed by atoms with Gasteiger partial charge in [0.1, 0.15) is 0 Å². The number of benzene rings is 2. The maximum absolute atomic E-state index is 5.26. The van der Waals surface area contributed by atoms with Crippen molar-refractivity contribution >= 4 is 30.2 Å². The molecule has 0 aliphatic rings. The van der Waals surface area contributed by atoms with Crippen molar-refractivity contribution in [2.75, 3.05) is 0 Å². The molecule has 2 aromatic carbocycles. The minimum Gasteiger partial charge on any atom is -0.249 e. The van der Waals surface area contributed by atoms with Crippen LogP contribution in [0.3, 0.4) is 0 Å². The van der Waals surface area contributed by atoms with Gasteiger partial charge in [-0.25, -0.2) is 5.10 Å². The maximum Gasteiger partial charge on any atom is 0.217 e. The topological polar surface area (TPSA) is 46.0 Å². The predicted molar refractivity (Wildman–Crippen MR) is 97.6 cm³/mol. The molecule has 23 heavy (non-hydrogen) atoms. The quantitative estimate of drug-likeness (QED) is 0.425. The van der Waals surface area contributed by atoms with Crippen LogP contribution in [0.2, 0.25) is 0 Å². The average Bonchev–Trinajstić information content (AvgIpc) is 2.93. The molecule has 0 unspecified atom stereocenters. The number of hydrogen-bond acceptors (Lipinski definition) is 4. The van der Waals surface area contributed by atoms with Crippen molar-refractivity contribution in [3.8, 4) is 0 Å². The fraction of sp³-hybridized carbons (Fsp3) is 0.118. The van der Waals surface area contributed by atoms with Gasteiger partial charge < -0.3 is 0 Å². The lowest BCUT2D eigenvalue weighted by molar-refractivity contribution is 0.759. The zero-order valence-electron chi connectivity index (χ0n) is 12.6. The summed E-state index contributed by atoms with van der Waals surface area (Å²) in [6, 6.07) is 18.4. The van der Waals surface area contributed by atoms with Gasteiger partial charge in [-0.3, -0.25) is 0 Å². The van der Waals surface area contributed by atoms with Crippen molar-refractivity contribution in [1.82, 2.24) is 14.9 Å². The van der Waals surface area contributed by atoms with Crippen LogP contribution >= 0.6 is 24.0 Å². The molecule has 1 heterocycles. The van der Waals surface area contributed by atoms with Gasteiger partial charge in [-0.2, -0.15) is 9.78 Å². The average molecular weight is 340 g/mol. The summed E-state index contributed by atoms with van der Waals surface area (Å²) in [7, 11) is 0. The molecule has 0 saturated heterocycles. The van der Waals surface area contributed by atoms with Gasteiger partial charge in [0.25, 0.3) is 0 Å². The molecule has 116 valence electrons. The molecule has 0 radical (unpaired) electrons. The van der Waals surface area contributed by atoms with E-state index in [9.17, 15) is 0 Å². The Hall–Kier alpha value is -2.18. The molecule has 0 spiro atoms. The molecule has 0 aliphatic heterocycles. The number of aryl methyl sites for hydroxylation is 1. The van der Waals surface area contributed by atoms with Crippen LogP contribution in [0.5, 0.6) is 0 Å². The summed E-state index contributed by atoms with van der Waals surface area (Å²) in [6.07, 6.45) is 1.79. The number of nitrogens with zero attached hydrogens (tertiary/aromatic N) is 3. The number of aromatic amines is 1. The molecule has 3 rings (SSSR count). The zero-order valence-corrected chi connectivity index (χ0v) is 14.3. The number of thioether (sulfide) groups is 1. The SMILES string of the molecule is Cc1ccc(/C=N\n2c(SCc3ccccc3)n[nH]c2=S)cc1. The number of aromatic nitrogens is 3. The third kappa shape index (κ3) is 4.18. The second-order valence-electron chi connectivity index (χ2n) is 5.05. The van der Waals surface area contributed by atoms with Gasteiger partial charge in [0, 0.05) is 5.75 Å². The second kappa shape index (κ2) is 7.39. The third-order valence-corrected chi connectivity index (χ3v) is 4.50. The highest BCUT2D eigenvalue weighted by atomic mass is 32.2. The van der Waals surface area contributed by atoms with Crippen LogP contribution in [-0.2, 0) is 5.75 Å². The van der Waals surface area contributed by atoms with Crippen LogP contribution in [0.25, 0.3) is 0 Å². The summed E-state index contributed by atoms with van der Waals surface area (Å²) in [5.74, 6) is 0.820. The first-order valence-electron chi connectivity index (χ1n) is 7.17. The van der Waals surface area contributed by atoms with Crippen molar-refractivity contribution < 1.29 is 0 Å². The van der Waals surface area contributed by atoms with Gasteiger partial charge in [-0.1, -0.05) is 71.9 Å². The van der Waals surface area contributed by atoms with E-state index >= 15 is 0 Å². The lowest BCUT2D eigenvalue weighted by Crippen LogP contribution is -1.94. The van der Waals surface area contributed by atoms with Crippen LogP contribution in [-0.4, -0.2) is 21.1 Å². The Balaban J connectivity index is 1.76. The summed E-state index contributed by atoms with van der Waals surface area (Å²) in [6.45, 7) is 2.06. The fourth-order valence-electron chi connectivity index (χ4n) is 1.97. The highest BCUT2D eigenvalue weighted by Crippen LogP contribution is 2.20. The normalized spacial score (nSPS) is 11.2. The first-order chi connectivity index (χ1) is 11.2. The van der Waals surface area contributed by atoms with E-state index in [1.807, 2.05) is 30.3 Å². The zero-order chi connectivity index (χ0) is 16.1. The fourth-order valence-corrected chi connectivity index (χ4v) is 3.07. The molecule has 4 nitrogen and oxygen atoms in total. The summed E-state index contributed by atoms with van der Waals surface area (Å²) in [5.41, 5.74) is 3.49. The first kappa shape index (κ1) is 15.7. The summed E-state index contributed by atoms with van der Waals surface area (Å²) < 4.78 is 2.15. The smallest absolute Gasteiger partial charge is 0.217 e. The summed E-state index contributed by atoms with van der Waals surface area (Å²) in [4.78, 5) is 0. The summed E-state index contributed by atoms with van der Waals surface area (Å²) in [5, 5.41) is 12.3. The van der Waals surface area contributed by atoms with E-state index in [1.54, 1.807) is 22.7 Å². The van der Waals surface area contributed by atoms with Crippen LogP contribution in [0.4, 0.5) is 0 Å². The van der Waals surface area contributed by atoms with Gasteiger partial charge in [0.05, 0.1) is 6.21 Å². The molecule has 6 heteroatoms. The van der Waals surface area contributed by atoms with Crippen LogP contribution in [0.1, 0.15) is 16.7 Å². The van der Waals surface area contributed by atoms with E-state index in [-0.39, 0.29) is 0 Å². The Kier molecular flexibility index (Phi) is 5.05. The Bertz CT molecular complexity index is 848. The largest absolute Gasteiger partial charge is 0.249 e. The Morgan fingerprint density at radius 2 is 1.91 bits per heavy atom. The predicted octanol–water partition coefficient (Wildman–Crippen LogP) is 4.42. The number of H-pyrrole nitrogens is 1. The highest BCUT2D eigenvalue weighted by molar-refractivity contribution is 7.98. The van der Waals surface area contributed by atoms with Crippen molar-refractivity contribution in [2.24, 2.45) is 5.10 Å². The molecule has 1 N–H and O–H groups in total. The molecule has 0 fully saturated rings. The standard InChI is InChI=1S/C17H16N4S2/c1-13-7-9-14(10-8-13)11-18-21-16(22)19-20-17(21)23-12-15-5-3-2-4-6-15/h2-11H,12H2,1H3,(H,19,22)/b18-11-. The molecule has 0 aliphatic carbocycles. The van der Waals surface area contributed by atoms with Gasteiger partial charge in [-0.15, -0.1) is 5.10 Å². The number of hydrogen-bond donors (Lipinski definition) is 1. The van der Waals surface area contributed by atoms with Gasteiger partial charge in [0.2, 0.25) is 9.93 Å². The number of rotatable bonds is 5. The molecule has 0 atom stereocenters. The highest BCUT2D eigenvalue weighted by Gasteiger charge is 2.06. The monoisotopic (exact) mass is 340 g/mol. The molecular formula is C17H16N4S2. The lowest BCUT2D eigenvalue weighted by atomic mass is 10.2. The molecule has 3 aromatic rings. The van der Waals surface area contributed by atoms with Crippen LogP contribution in [0, 0.1) is 11.7 Å². The third-order valence-electron chi connectivity index (χ3n) is 3.23. The molecule has 0 saturated carbocycles. The molecule has 0 bridgehead atoms. The van der Waals surface area contributed by atoms with Gasteiger partial charge >= 0.3 is 0 Å². The first-order valence-corrected chi connectivity index (χ1v) is 8.57. The van der Waals surface area contributed by atoms with E-state index < -0.39 is 0 Å². The van der Waals surface area contributed by atoms with E-state index in [2.05, 4.69) is 46.5 Å². The minimum absolute atomic E-state index is 0.490. The van der Waals surface area contributed by atoms with Gasteiger partial charge in [0.15, 0.2) is 0 Å². The van der Waals surface area contributed by atoms with E-state index in [4.69, 9.17) is 12.2 Å². The Morgan fingerprint density at radius 1 is 1.17 bits per heavy atom. The lowest BCUT2D eigenvalue weighted by Gasteiger charge is -2.01. The molecule has 1 aromatic heterocycles. The Morgan fingerprint density at radius 3 is 2.65 bits per heavy atom. The van der Waals surface area contributed by atoms with Crippen LogP contribution < -0.4 is 0 Å². The number of nitrogens with one attached hydrogen (secondary N) is 1. The van der Waals surface area contributed by atoms with Gasteiger partial charge in [-0.05, 0) is 30.3 Å².